The van der Waals surface area contributed by atoms with Crippen molar-refractivity contribution in [2.75, 3.05) is 19.6 Å². The Morgan fingerprint density at radius 2 is 2.14 bits per heavy atom. The van der Waals surface area contributed by atoms with Crippen molar-refractivity contribution in [2.45, 2.75) is 27.3 Å². The number of nitrogens with zero attached hydrogens (tertiary/aromatic N) is 3. The van der Waals surface area contributed by atoms with Crippen LogP contribution >= 0.6 is 0 Å². The minimum Gasteiger partial charge on any atom is -0.330 e. The van der Waals surface area contributed by atoms with Crippen LogP contribution in [0.3, 0.4) is 0 Å². The molecule has 5 heteroatoms. The van der Waals surface area contributed by atoms with E-state index in [1.54, 1.807) is 16.7 Å². The van der Waals surface area contributed by atoms with E-state index >= 15 is 0 Å². The van der Waals surface area contributed by atoms with Crippen LogP contribution in [0.15, 0.2) is 35.3 Å². The number of aromatic nitrogens is 2. The molecule has 0 aliphatic carbocycles. The Hall–Kier alpha value is -1.72. The molecule has 0 aliphatic heterocycles. The summed E-state index contributed by atoms with van der Waals surface area (Å²) < 4.78 is 1.56. The lowest BCUT2D eigenvalue weighted by Gasteiger charge is -2.30. The van der Waals surface area contributed by atoms with Crippen molar-refractivity contribution < 1.29 is 0 Å². The second kappa shape index (κ2) is 6.37. The summed E-state index contributed by atoms with van der Waals surface area (Å²) in [5.41, 5.74) is 7.32. The molecule has 2 heterocycles. The van der Waals surface area contributed by atoms with E-state index in [0.29, 0.717) is 18.7 Å². The van der Waals surface area contributed by atoms with Crippen molar-refractivity contribution in [2.24, 2.45) is 11.1 Å². The molecule has 2 aromatic heterocycles. The van der Waals surface area contributed by atoms with E-state index in [1.807, 2.05) is 18.2 Å². The second-order valence-corrected chi connectivity index (χ2v) is 6.19. The summed E-state index contributed by atoms with van der Waals surface area (Å²) in [5.74, 6) is 0. The Kier molecular flexibility index (Phi) is 4.75. The fourth-order valence-electron chi connectivity index (χ4n) is 2.36. The molecule has 0 saturated heterocycles. The lowest BCUT2D eigenvalue weighted by molar-refractivity contribution is 0.182. The van der Waals surface area contributed by atoms with Crippen LogP contribution in [0, 0.1) is 5.41 Å². The average molecular weight is 288 g/mol. The maximum atomic E-state index is 12.1. The first-order valence-corrected chi connectivity index (χ1v) is 7.35. The second-order valence-electron chi connectivity index (χ2n) is 6.19. The topological polar surface area (TPSA) is 63.6 Å². The molecule has 2 rings (SSSR count). The third-order valence-electron chi connectivity index (χ3n) is 3.66. The van der Waals surface area contributed by atoms with Gasteiger partial charge in [0.25, 0.3) is 5.56 Å². The molecule has 0 amide bonds. The molecule has 0 aromatic carbocycles. The predicted molar refractivity (Wildman–Crippen MR) is 85.2 cm³/mol. The van der Waals surface area contributed by atoms with Gasteiger partial charge in [-0.3, -0.25) is 14.1 Å². The number of hydrogen-bond acceptors (Lipinski definition) is 4. The van der Waals surface area contributed by atoms with Gasteiger partial charge in [0.15, 0.2) is 0 Å². The van der Waals surface area contributed by atoms with Crippen molar-refractivity contribution in [3.8, 4) is 0 Å². The van der Waals surface area contributed by atoms with Crippen LogP contribution in [-0.4, -0.2) is 33.9 Å². The molecule has 0 bridgehead atoms. The summed E-state index contributed by atoms with van der Waals surface area (Å²) in [7, 11) is 0. The Bertz CT molecular complexity index is 663. The molecule has 2 aromatic rings. The lowest BCUT2D eigenvalue weighted by atomic mass is 9.93. The number of pyridine rings is 1. The monoisotopic (exact) mass is 288 g/mol. The van der Waals surface area contributed by atoms with Gasteiger partial charge in [0.2, 0.25) is 0 Å². The van der Waals surface area contributed by atoms with E-state index in [1.165, 1.54) is 0 Å². The zero-order chi connectivity index (χ0) is 15.5. The molecule has 0 spiro atoms. The number of nitrogens with two attached hydrogens (primary N) is 1. The molecule has 0 unspecified atom stereocenters. The van der Waals surface area contributed by atoms with Gasteiger partial charge < -0.3 is 5.73 Å². The molecule has 0 atom stereocenters. The summed E-state index contributed by atoms with van der Waals surface area (Å²) >= 11 is 0. The highest BCUT2D eigenvalue weighted by molar-refractivity contribution is 5.37. The van der Waals surface area contributed by atoms with Crippen molar-refractivity contribution in [3.63, 3.8) is 0 Å². The Balaban J connectivity index is 2.24. The normalized spacial score (nSPS) is 12.2. The minimum atomic E-state index is -0.0373. The standard InChI is InChI=1S/C16H24N4O/c1-4-19(12-16(2,3)11-17)10-13-9-15(21)20-8-6-5-7-14(20)18-13/h5-9H,4,10-12,17H2,1-3H3. The van der Waals surface area contributed by atoms with E-state index in [9.17, 15) is 4.79 Å². The van der Waals surface area contributed by atoms with E-state index < -0.39 is 0 Å². The van der Waals surface area contributed by atoms with Gasteiger partial charge in [-0.05, 0) is 30.6 Å². The Labute approximate surface area is 125 Å². The Morgan fingerprint density at radius 1 is 1.38 bits per heavy atom. The molecule has 0 saturated carbocycles. The van der Waals surface area contributed by atoms with Gasteiger partial charge in [-0.15, -0.1) is 0 Å². The highest BCUT2D eigenvalue weighted by Gasteiger charge is 2.20. The maximum Gasteiger partial charge on any atom is 0.258 e. The van der Waals surface area contributed by atoms with Crippen molar-refractivity contribution >= 4 is 5.65 Å². The van der Waals surface area contributed by atoms with E-state index in [2.05, 4.69) is 30.7 Å². The summed E-state index contributed by atoms with van der Waals surface area (Å²) in [6.45, 7) is 9.50. The van der Waals surface area contributed by atoms with Gasteiger partial charge >= 0.3 is 0 Å². The minimum absolute atomic E-state index is 0.0373. The van der Waals surface area contributed by atoms with Crippen molar-refractivity contribution in [3.05, 3.63) is 46.5 Å². The van der Waals surface area contributed by atoms with Crippen molar-refractivity contribution in [1.29, 1.82) is 0 Å². The van der Waals surface area contributed by atoms with Gasteiger partial charge in [-0.1, -0.05) is 26.8 Å². The molecule has 2 N–H and O–H groups in total. The quantitative estimate of drug-likeness (QED) is 0.875. The molecule has 0 radical (unpaired) electrons. The Morgan fingerprint density at radius 3 is 2.81 bits per heavy atom. The van der Waals surface area contributed by atoms with Gasteiger partial charge in [-0.2, -0.15) is 0 Å². The summed E-state index contributed by atoms with van der Waals surface area (Å²) in [6, 6.07) is 7.19. The highest BCUT2D eigenvalue weighted by Crippen LogP contribution is 2.16. The fraction of sp³-hybridized carbons (Fsp3) is 0.500. The molecule has 5 nitrogen and oxygen atoms in total. The summed E-state index contributed by atoms with van der Waals surface area (Å²) in [6.07, 6.45) is 1.74. The zero-order valence-corrected chi connectivity index (χ0v) is 13.0. The van der Waals surface area contributed by atoms with Crippen LogP contribution in [0.1, 0.15) is 26.5 Å². The fourth-order valence-corrected chi connectivity index (χ4v) is 2.36. The molecule has 0 fully saturated rings. The van der Waals surface area contributed by atoms with Gasteiger partial charge in [0.05, 0.1) is 5.69 Å². The number of rotatable bonds is 6. The van der Waals surface area contributed by atoms with E-state index in [-0.39, 0.29) is 11.0 Å². The van der Waals surface area contributed by atoms with E-state index in [4.69, 9.17) is 5.73 Å². The third-order valence-corrected chi connectivity index (χ3v) is 3.66. The molecule has 114 valence electrons. The average Bonchev–Trinajstić information content (AvgIpc) is 2.46. The van der Waals surface area contributed by atoms with E-state index in [0.717, 1.165) is 18.8 Å². The molecular weight excluding hydrogens is 264 g/mol. The lowest BCUT2D eigenvalue weighted by Crippen LogP contribution is -2.38. The number of hydrogen-bond donors (Lipinski definition) is 1. The van der Waals surface area contributed by atoms with Crippen LogP contribution in [-0.2, 0) is 6.54 Å². The highest BCUT2D eigenvalue weighted by atomic mass is 16.1. The first kappa shape index (κ1) is 15.7. The van der Waals surface area contributed by atoms with Crippen LogP contribution in [0.25, 0.3) is 5.65 Å². The molecule has 0 aliphatic rings. The van der Waals surface area contributed by atoms with Crippen LogP contribution in [0.4, 0.5) is 0 Å². The first-order valence-electron chi connectivity index (χ1n) is 7.35. The van der Waals surface area contributed by atoms with Gasteiger partial charge in [-0.25, -0.2) is 4.98 Å². The number of fused-ring (bicyclic) bond motifs is 1. The van der Waals surface area contributed by atoms with Crippen LogP contribution in [0.2, 0.25) is 0 Å². The summed E-state index contributed by atoms with van der Waals surface area (Å²) in [5, 5.41) is 0. The van der Waals surface area contributed by atoms with Crippen molar-refractivity contribution in [1.82, 2.24) is 14.3 Å². The first-order chi connectivity index (χ1) is 9.95. The SMILES string of the molecule is CCN(Cc1cc(=O)n2ccccc2n1)CC(C)(C)CN. The maximum absolute atomic E-state index is 12.1. The summed E-state index contributed by atoms with van der Waals surface area (Å²) in [4.78, 5) is 18.9. The predicted octanol–water partition coefficient (Wildman–Crippen LogP) is 1.50. The largest absolute Gasteiger partial charge is 0.330 e. The third kappa shape index (κ3) is 3.89. The van der Waals surface area contributed by atoms with Gasteiger partial charge in [0.1, 0.15) is 5.65 Å². The zero-order valence-electron chi connectivity index (χ0n) is 13.0. The smallest absolute Gasteiger partial charge is 0.258 e. The van der Waals surface area contributed by atoms with Crippen LogP contribution < -0.4 is 11.3 Å². The van der Waals surface area contributed by atoms with Gasteiger partial charge in [0, 0.05) is 25.4 Å². The molecular formula is C16H24N4O. The van der Waals surface area contributed by atoms with Crippen LogP contribution in [0.5, 0.6) is 0 Å². The molecule has 21 heavy (non-hydrogen) atoms.